The molecule has 0 aliphatic heterocycles. The quantitative estimate of drug-likeness (QED) is 0.640. The first kappa shape index (κ1) is 10.8. The van der Waals surface area contributed by atoms with E-state index in [1.165, 1.54) is 12.3 Å². The van der Waals surface area contributed by atoms with Crippen LogP contribution in [0.4, 0.5) is 0 Å². The molecule has 1 N–H and O–H groups in total. The fourth-order valence-electron chi connectivity index (χ4n) is 1.32. The van der Waals surface area contributed by atoms with Crippen LogP contribution in [-0.4, -0.2) is 18.0 Å². The highest BCUT2D eigenvalue weighted by Gasteiger charge is 2.13. The van der Waals surface area contributed by atoms with Gasteiger partial charge in [-0.3, -0.25) is 9.54 Å². The summed E-state index contributed by atoms with van der Waals surface area (Å²) < 4.78 is 32.1. The molecule has 78 valence electrons. The first-order chi connectivity index (χ1) is 6.98. The number of benzene rings is 1. The molecule has 0 saturated carbocycles. The molecule has 2 rings (SSSR count). The van der Waals surface area contributed by atoms with Gasteiger partial charge in [0, 0.05) is 15.2 Å². The number of rotatable bonds is 1. The number of nitrogens with zero attached hydrogens (tertiary/aromatic N) is 1. The molecule has 0 aliphatic rings. The summed E-state index contributed by atoms with van der Waals surface area (Å²) in [5.74, 6) is 0. The maximum Gasteiger partial charge on any atom is 0.295 e. The summed E-state index contributed by atoms with van der Waals surface area (Å²) in [6, 6.07) is 6.43. The van der Waals surface area contributed by atoms with Crippen LogP contribution in [0.1, 0.15) is 0 Å². The van der Waals surface area contributed by atoms with Crippen molar-refractivity contribution in [3.05, 3.63) is 34.0 Å². The highest BCUT2D eigenvalue weighted by atomic mass is 127. The van der Waals surface area contributed by atoms with Gasteiger partial charge in [-0.25, -0.2) is 0 Å². The van der Waals surface area contributed by atoms with Gasteiger partial charge in [-0.2, -0.15) is 8.42 Å². The van der Waals surface area contributed by atoms with Gasteiger partial charge >= 0.3 is 0 Å². The van der Waals surface area contributed by atoms with Gasteiger partial charge in [0.05, 0.1) is 5.52 Å². The van der Waals surface area contributed by atoms with E-state index < -0.39 is 10.1 Å². The third-order valence-electron chi connectivity index (χ3n) is 1.94. The molecule has 15 heavy (non-hydrogen) atoms. The van der Waals surface area contributed by atoms with Crippen LogP contribution in [0.5, 0.6) is 0 Å². The number of pyridine rings is 1. The molecule has 2 aromatic rings. The van der Waals surface area contributed by atoms with E-state index in [2.05, 4.69) is 27.6 Å². The number of aromatic nitrogens is 1. The van der Waals surface area contributed by atoms with Gasteiger partial charge in [-0.1, -0.05) is 6.07 Å². The molecule has 0 radical (unpaired) electrons. The predicted molar refractivity (Wildman–Crippen MR) is 64.3 cm³/mol. The van der Waals surface area contributed by atoms with Crippen molar-refractivity contribution in [1.29, 1.82) is 0 Å². The van der Waals surface area contributed by atoms with Crippen molar-refractivity contribution in [2.45, 2.75) is 4.90 Å². The predicted octanol–water partition coefficient (Wildman–Crippen LogP) is 2.09. The third-order valence-corrected chi connectivity index (χ3v) is 3.53. The number of halogens is 1. The summed E-state index contributed by atoms with van der Waals surface area (Å²) >= 11 is 2.11. The van der Waals surface area contributed by atoms with Crippen LogP contribution in [0.25, 0.3) is 10.9 Å². The highest BCUT2D eigenvalue weighted by Crippen LogP contribution is 2.22. The van der Waals surface area contributed by atoms with Gasteiger partial charge in [0.15, 0.2) is 0 Å². The second-order valence-electron chi connectivity index (χ2n) is 2.95. The molecule has 0 fully saturated rings. The molecule has 6 heteroatoms. The van der Waals surface area contributed by atoms with Crippen LogP contribution >= 0.6 is 22.6 Å². The van der Waals surface area contributed by atoms with E-state index in [0.29, 0.717) is 10.9 Å². The van der Waals surface area contributed by atoms with Gasteiger partial charge < -0.3 is 0 Å². The monoisotopic (exact) mass is 335 g/mol. The number of hydrogen-bond acceptors (Lipinski definition) is 3. The van der Waals surface area contributed by atoms with Crippen LogP contribution < -0.4 is 0 Å². The molecule has 0 atom stereocenters. The second-order valence-corrected chi connectivity index (χ2v) is 5.58. The van der Waals surface area contributed by atoms with Crippen molar-refractivity contribution in [2.24, 2.45) is 0 Å². The summed E-state index contributed by atoms with van der Waals surface area (Å²) in [6.07, 6.45) is 1.36. The van der Waals surface area contributed by atoms with Crippen LogP contribution in [0, 0.1) is 3.57 Å². The molecular weight excluding hydrogens is 329 g/mol. The van der Waals surface area contributed by atoms with E-state index in [1.54, 1.807) is 18.2 Å². The first-order valence-electron chi connectivity index (χ1n) is 4.00. The van der Waals surface area contributed by atoms with Crippen molar-refractivity contribution in [3.63, 3.8) is 0 Å². The van der Waals surface area contributed by atoms with Crippen LogP contribution in [0.3, 0.4) is 0 Å². The first-order valence-corrected chi connectivity index (χ1v) is 6.52. The lowest BCUT2D eigenvalue weighted by molar-refractivity contribution is 0.484. The van der Waals surface area contributed by atoms with Gasteiger partial charge in [0.1, 0.15) is 4.90 Å². The fourth-order valence-corrected chi connectivity index (χ4v) is 2.48. The smallest absolute Gasteiger partial charge is 0.282 e. The Balaban J connectivity index is 2.89. The molecule has 1 heterocycles. The molecule has 0 spiro atoms. The molecule has 0 amide bonds. The van der Waals surface area contributed by atoms with Crippen molar-refractivity contribution in [2.75, 3.05) is 0 Å². The van der Waals surface area contributed by atoms with Gasteiger partial charge in [-0.15, -0.1) is 0 Å². The summed E-state index contributed by atoms with van der Waals surface area (Å²) in [4.78, 5) is 3.93. The Morgan fingerprint density at radius 2 is 2.00 bits per heavy atom. The maximum atomic E-state index is 11.1. The summed E-state index contributed by atoms with van der Waals surface area (Å²) in [6.45, 7) is 0. The Hall–Kier alpha value is -0.730. The lowest BCUT2D eigenvalue weighted by Gasteiger charge is -2.02. The van der Waals surface area contributed by atoms with E-state index in [0.717, 1.165) is 3.57 Å². The summed E-state index contributed by atoms with van der Waals surface area (Å²) in [5.41, 5.74) is 0.553. The average Bonchev–Trinajstić information content (AvgIpc) is 2.15. The Kier molecular flexibility index (Phi) is 2.65. The van der Waals surface area contributed by atoms with E-state index in [1.807, 2.05) is 0 Å². The summed E-state index contributed by atoms with van der Waals surface area (Å²) in [5, 5.41) is 0.431. The van der Waals surface area contributed by atoms with E-state index in [4.69, 9.17) is 4.55 Å². The van der Waals surface area contributed by atoms with Crippen molar-refractivity contribution in [1.82, 2.24) is 4.98 Å². The normalized spacial score (nSPS) is 11.9. The zero-order chi connectivity index (χ0) is 11.1. The molecule has 0 bridgehead atoms. The van der Waals surface area contributed by atoms with Gasteiger partial charge in [-0.05, 0) is 40.8 Å². The average molecular weight is 335 g/mol. The minimum absolute atomic E-state index is 0.107. The zero-order valence-electron chi connectivity index (χ0n) is 7.38. The lowest BCUT2D eigenvalue weighted by atomic mass is 10.2. The van der Waals surface area contributed by atoms with Crippen molar-refractivity contribution >= 4 is 43.6 Å². The topological polar surface area (TPSA) is 67.3 Å². The number of hydrogen-bond donors (Lipinski definition) is 1. The second kappa shape index (κ2) is 3.69. The van der Waals surface area contributed by atoms with Crippen LogP contribution in [0.15, 0.2) is 35.4 Å². The van der Waals surface area contributed by atoms with Crippen LogP contribution in [0.2, 0.25) is 0 Å². The minimum atomic E-state index is -4.18. The van der Waals surface area contributed by atoms with Gasteiger partial charge in [0.25, 0.3) is 10.1 Å². The molecular formula is C9H6INO3S. The highest BCUT2D eigenvalue weighted by molar-refractivity contribution is 14.1. The lowest BCUT2D eigenvalue weighted by Crippen LogP contribution is -1.99. The van der Waals surface area contributed by atoms with Crippen molar-refractivity contribution < 1.29 is 13.0 Å². The standard InChI is InChI=1S/C9H6INO3S/c10-6-1-2-7-8(5-6)11-4-3-9(7)15(12,13)14/h1-5H,(H,12,13,14). The molecule has 1 aromatic heterocycles. The number of fused-ring (bicyclic) bond motifs is 1. The largest absolute Gasteiger partial charge is 0.295 e. The summed E-state index contributed by atoms with van der Waals surface area (Å²) in [7, 11) is -4.18. The Labute approximate surface area is 100 Å². The Morgan fingerprint density at radius 3 is 2.67 bits per heavy atom. The maximum absolute atomic E-state index is 11.1. The molecule has 0 saturated heterocycles. The molecule has 1 aromatic carbocycles. The zero-order valence-corrected chi connectivity index (χ0v) is 10.4. The van der Waals surface area contributed by atoms with Gasteiger partial charge in [0.2, 0.25) is 0 Å². The van der Waals surface area contributed by atoms with Crippen LogP contribution in [-0.2, 0) is 10.1 Å². The SMILES string of the molecule is O=S(=O)(O)c1ccnc2cc(I)ccc12. The molecule has 4 nitrogen and oxygen atoms in total. The minimum Gasteiger partial charge on any atom is -0.282 e. The molecule has 0 unspecified atom stereocenters. The Bertz CT molecular complexity index is 624. The van der Waals surface area contributed by atoms with E-state index in [9.17, 15) is 8.42 Å². The third kappa shape index (κ3) is 2.11. The molecule has 0 aliphatic carbocycles. The fraction of sp³-hybridized carbons (Fsp3) is 0. The Morgan fingerprint density at radius 1 is 1.27 bits per heavy atom. The van der Waals surface area contributed by atoms with E-state index in [-0.39, 0.29) is 4.90 Å². The van der Waals surface area contributed by atoms with E-state index >= 15 is 0 Å². The van der Waals surface area contributed by atoms with Crippen molar-refractivity contribution in [3.8, 4) is 0 Å².